The fraction of sp³-hybridized carbons (Fsp3) is 0.562. The molecule has 1 amide bonds. The van der Waals surface area contributed by atoms with Gasteiger partial charge in [0.05, 0.1) is 17.8 Å². The van der Waals surface area contributed by atoms with Crippen molar-refractivity contribution in [3.63, 3.8) is 0 Å². The number of carbonyl (C=O) groups excluding carboxylic acids is 1. The molecule has 1 aliphatic heterocycles. The lowest BCUT2D eigenvalue weighted by Crippen LogP contribution is -2.36. The number of benzene rings is 1. The quantitative estimate of drug-likeness (QED) is 0.845. The maximum absolute atomic E-state index is 12.4. The van der Waals surface area contributed by atoms with Crippen molar-refractivity contribution >= 4 is 35.6 Å². The second kappa shape index (κ2) is 9.21. The summed E-state index contributed by atoms with van der Waals surface area (Å²) >= 11 is 6.15. The van der Waals surface area contributed by atoms with Crippen molar-refractivity contribution in [1.82, 2.24) is 10.2 Å². The Morgan fingerprint density at radius 3 is 2.74 bits per heavy atom. The van der Waals surface area contributed by atoms with E-state index in [1.807, 2.05) is 13.1 Å². The maximum atomic E-state index is 12.4. The summed E-state index contributed by atoms with van der Waals surface area (Å²) in [6.07, 6.45) is 0. The lowest BCUT2D eigenvalue weighted by Gasteiger charge is -2.29. The summed E-state index contributed by atoms with van der Waals surface area (Å²) in [4.78, 5) is 16.8. The van der Waals surface area contributed by atoms with Gasteiger partial charge in [-0.15, -0.1) is 12.4 Å². The number of halogens is 2. The van der Waals surface area contributed by atoms with Crippen LogP contribution in [0.25, 0.3) is 0 Å². The number of rotatable bonds is 6. The number of carbonyl (C=O) groups is 1. The molecular formula is C16H25Cl2N3O2. The van der Waals surface area contributed by atoms with E-state index >= 15 is 0 Å². The molecule has 0 saturated heterocycles. The van der Waals surface area contributed by atoms with Gasteiger partial charge in [-0.1, -0.05) is 25.4 Å². The van der Waals surface area contributed by atoms with Crippen LogP contribution in [-0.4, -0.2) is 57.2 Å². The zero-order chi connectivity index (χ0) is 16.1. The fourth-order valence-corrected chi connectivity index (χ4v) is 2.76. The zero-order valence-corrected chi connectivity index (χ0v) is 15.5. The van der Waals surface area contributed by atoms with Gasteiger partial charge in [0, 0.05) is 25.2 Å². The van der Waals surface area contributed by atoms with E-state index in [2.05, 4.69) is 29.0 Å². The molecule has 130 valence electrons. The molecule has 0 radical (unpaired) electrons. The Morgan fingerprint density at radius 1 is 1.39 bits per heavy atom. The van der Waals surface area contributed by atoms with Crippen molar-refractivity contribution in [3.05, 3.63) is 22.7 Å². The Kier molecular flexibility index (Phi) is 7.95. The van der Waals surface area contributed by atoms with Crippen LogP contribution < -0.4 is 15.0 Å². The highest BCUT2D eigenvalue weighted by molar-refractivity contribution is 6.31. The lowest BCUT2D eigenvalue weighted by molar-refractivity contribution is 0.0944. The Balaban J connectivity index is 0.00000264. The number of ether oxygens (including phenoxy) is 1. The Hall–Kier alpha value is -1.17. The van der Waals surface area contributed by atoms with E-state index in [4.69, 9.17) is 16.3 Å². The Morgan fingerprint density at radius 2 is 2.09 bits per heavy atom. The summed E-state index contributed by atoms with van der Waals surface area (Å²) in [5.74, 6) is 0.486. The van der Waals surface area contributed by atoms with Gasteiger partial charge in [0.25, 0.3) is 5.91 Å². The highest BCUT2D eigenvalue weighted by Gasteiger charge is 2.23. The van der Waals surface area contributed by atoms with Crippen molar-refractivity contribution in [1.29, 1.82) is 0 Å². The van der Waals surface area contributed by atoms with E-state index in [0.717, 1.165) is 31.9 Å². The maximum Gasteiger partial charge on any atom is 0.255 e. The van der Waals surface area contributed by atoms with Crippen molar-refractivity contribution in [2.45, 2.75) is 13.8 Å². The normalized spacial score (nSPS) is 13.2. The molecule has 0 unspecified atom stereocenters. The molecule has 23 heavy (non-hydrogen) atoms. The first-order valence-corrected chi connectivity index (χ1v) is 8.12. The van der Waals surface area contributed by atoms with Crippen molar-refractivity contribution in [3.8, 4) is 5.75 Å². The molecule has 7 heteroatoms. The van der Waals surface area contributed by atoms with E-state index in [1.54, 1.807) is 6.07 Å². The van der Waals surface area contributed by atoms with Crippen LogP contribution in [0.4, 0.5) is 5.69 Å². The van der Waals surface area contributed by atoms with Gasteiger partial charge in [0.15, 0.2) is 5.75 Å². The van der Waals surface area contributed by atoms with Gasteiger partial charge in [-0.25, -0.2) is 0 Å². The molecule has 2 rings (SSSR count). The number of hydrogen-bond donors (Lipinski definition) is 1. The lowest BCUT2D eigenvalue weighted by atomic mass is 10.1. The first kappa shape index (κ1) is 19.9. The van der Waals surface area contributed by atoms with Gasteiger partial charge in [0.1, 0.15) is 6.61 Å². The summed E-state index contributed by atoms with van der Waals surface area (Å²) in [5, 5.41) is 3.50. The molecule has 5 nitrogen and oxygen atoms in total. The first-order chi connectivity index (χ1) is 10.6. The van der Waals surface area contributed by atoms with Crippen LogP contribution in [0.15, 0.2) is 12.1 Å². The van der Waals surface area contributed by atoms with Gasteiger partial charge in [-0.05, 0) is 25.2 Å². The second-order valence-corrected chi connectivity index (χ2v) is 5.79. The fourth-order valence-electron chi connectivity index (χ4n) is 2.55. The van der Waals surface area contributed by atoms with E-state index in [-0.39, 0.29) is 18.3 Å². The summed E-state index contributed by atoms with van der Waals surface area (Å²) in [6.45, 7) is 8.99. The SMILES string of the molecule is CCN(CC)CCNC(=O)c1cc(Cl)cc2c1OCCN2C.Cl. The third-order valence-corrected chi connectivity index (χ3v) is 4.19. The van der Waals surface area contributed by atoms with Crippen molar-refractivity contribution in [2.24, 2.45) is 0 Å². The number of nitrogens with one attached hydrogen (secondary N) is 1. The van der Waals surface area contributed by atoms with Crippen LogP contribution in [0.3, 0.4) is 0 Å². The zero-order valence-electron chi connectivity index (χ0n) is 13.9. The molecule has 1 aliphatic rings. The third kappa shape index (κ3) is 4.90. The minimum atomic E-state index is -0.138. The predicted molar refractivity (Wildman–Crippen MR) is 97.6 cm³/mol. The van der Waals surface area contributed by atoms with E-state index in [1.165, 1.54) is 0 Å². The topological polar surface area (TPSA) is 44.8 Å². The average molecular weight is 362 g/mol. The molecule has 0 fully saturated rings. The van der Waals surface area contributed by atoms with Crippen LogP contribution >= 0.6 is 24.0 Å². The summed E-state index contributed by atoms with van der Waals surface area (Å²) in [5.41, 5.74) is 1.38. The average Bonchev–Trinajstić information content (AvgIpc) is 2.51. The van der Waals surface area contributed by atoms with Crippen LogP contribution in [0, 0.1) is 0 Å². The van der Waals surface area contributed by atoms with E-state index < -0.39 is 0 Å². The van der Waals surface area contributed by atoms with Crippen LogP contribution in [0.2, 0.25) is 5.02 Å². The van der Waals surface area contributed by atoms with E-state index in [9.17, 15) is 4.79 Å². The predicted octanol–water partition coefficient (Wildman–Crippen LogP) is 2.66. The summed E-state index contributed by atoms with van der Waals surface area (Å²) < 4.78 is 5.70. The molecule has 1 heterocycles. The molecule has 0 aliphatic carbocycles. The van der Waals surface area contributed by atoms with Gasteiger partial charge < -0.3 is 19.9 Å². The Labute approximate surface area is 149 Å². The molecule has 0 bridgehead atoms. The van der Waals surface area contributed by atoms with Crippen LogP contribution in [0.1, 0.15) is 24.2 Å². The monoisotopic (exact) mass is 361 g/mol. The number of nitrogens with zero attached hydrogens (tertiary/aromatic N) is 2. The van der Waals surface area contributed by atoms with Crippen LogP contribution in [0.5, 0.6) is 5.75 Å². The van der Waals surface area contributed by atoms with E-state index in [0.29, 0.717) is 29.5 Å². The summed E-state index contributed by atoms with van der Waals surface area (Å²) in [6, 6.07) is 3.51. The van der Waals surface area contributed by atoms with Gasteiger partial charge in [-0.3, -0.25) is 4.79 Å². The first-order valence-electron chi connectivity index (χ1n) is 7.74. The number of hydrogen-bond acceptors (Lipinski definition) is 4. The molecule has 1 aromatic rings. The highest BCUT2D eigenvalue weighted by Crippen LogP contribution is 2.37. The second-order valence-electron chi connectivity index (χ2n) is 5.35. The largest absolute Gasteiger partial charge is 0.489 e. The Bertz CT molecular complexity index is 536. The number of fused-ring (bicyclic) bond motifs is 1. The van der Waals surface area contributed by atoms with Gasteiger partial charge in [-0.2, -0.15) is 0 Å². The van der Waals surface area contributed by atoms with Gasteiger partial charge in [0.2, 0.25) is 0 Å². The molecule has 0 saturated carbocycles. The molecule has 1 N–H and O–H groups in total. The minimum absolute atomic E-state index is 0. The molecule has 1 aromatic carbocycles. The van der Waals surface area contributed by atoms with Crippen molar-refractivity contribution in [2.75, 3.05) is 51.3 Å². The summed E-state index contributed by atoms with van der Waals surface area (Å²) in [7, 11) is 1.97. The van der Waals surface area contributed by atoms with Crippen molar-refractivity contribution < 1.29 is 9.53 Å². The third-order valence-electron chi connectivity index (χ3n) is 3.97. The van der Waals surface area contributed by atoms with Gasteiger partial charge >= 0.3 is 0 Å². The number of likely N-dealkylation sites (N-methyl/N-ethyl adjacent to an activating group) is 2. The highest BCUT2D eigenvalue weighted by atomic mass is 35.5. The number of anilines is 1. The minimum Gasteiger partial charge on any atom is -0.489 e. The smallest absolute Gasteiger partial charge is 0.255 e. The molecule has 0 aromatic heterocycles. The standard InChI is InChI=1S/C16H24ClN3O2.ClH/c1-4-20(5-2)7-6-18-16(21)13-10-12(17)11-14-15(13)22-9-8-19(14)3;/h10-11H,4-9H2,1-3H3,(H,18,21);1H. The molecule has 0 spiro atoms. The molecule has 0 atom stereocenters. The van der Waals surface area contributed by atoms with Crippen LogP contribution in [-0.2, 0) is 0 Å². The number of amides is 1. The molecular weight excluding hydrogens is 337 g/mol.